The monoisotopic (exact) mass is 376 g/mol. The largest absolute Gasteiger partial charge is 0.372 e. The van der Waals surface area contributed by atoms with Crippen LogP contribution in [-0.4, -0.2) is 41.5 Å². The van der Waals surface area contributed by atoms with Gasteiger partial charge >= 0.3 is 0 Å². The van der Waals surface area contributed by atoms with Crippen molar-refractivity contribution in [2.24, 2.45) is 0 Å². The van der Waals surface area contributed by atoms with Gasteiger partial charge in [-0.2, -0.15) is 0 Å². The predicted octanol–water partition coefficient (Wildman–Crippen LogP) is 2.96. The third kappa shape index (κ3) is 4.87. The molecule has 1 heterocycles. The van der Waals surface area contributed by atoms with Gasteiger partial charge in [0.1, 0.15) is 11.6 Å². The number of hydrogen-bond acceptors (Lipinski definition) is 4. The van der Waals surface area contributed by atoms with Gasteiger partial charge in [-0.05, 0) is 42.1 Å². The van der Waals surface area contributed by atoms with E-state index in [0.29, 0.717) is 0 Å². The first kappa shape index (κ1) is 16.6. The molecular formula is C14H25IN4. The fourth-order valence-electron chi connectivity index (χ4n) is 2.02. The van der Waals surface area contributed by atoms with E-state index in [2.05, 4.69) is 58.6 Å². The summed E-state index contributed by atoms with van der Waals surface area (Å²) in [5, 5.41) is 3.18. The zero-order valence-corrected chi connectivity index (χ0v) is 14.6. The van der Waals surface area contributed by atoms with Crippen LogP contribution in [0.3, 0.4) is 0 Å². The molecule has 0 bridgehead atoms. The molecular weight excluding hydrogens is 351 g/mol. The van der Waals surface area contributed by atoms with Gasteiger partial charge in [0.05, 0.1) is 9.26 Å². The summed E-state index contributed by atoms with van der Waals surface area (Å²) >= 11 is 2.34. The summed E-state index contributed by atoms with van der Waals surface area (Å²) in [4.78, 5) is 11.7. The highest BCUT2D eigenvalue weighted by Crippen LogP contribution is 2.20. The number of nitrogens with zero attached hydrogens (tertiary/aromatic N) is 3. The van der Waals surface area contributed by atoms with Gasteiger partial charge in [-0.1, -0.05) is 27.2 Å². The Morgan fingerprint density at radius 2 is 1.79 bits per heavy atom. The number of likely N-dealkylation sites (N-methyl/N-ethyl adjacent to an activating group) is 1. The van der Waals surface area contributed by atoms with Gasteiger partial charge in [0.2, 0.25) is 0 Å². The summed E-state index contributed by atoms with van der Waals surface area (Å²) in [5.74, 6) is 1.92. The number of hydrogen-bond donors (Lipinski definition) is 1. The van der Waals surface area contributed by atoms with E-state index in [0.717, 1.165) is 54.1 Å². The van der Waals surface area contributed by atoms with E-state index < -0.39 is 0 Å². The van der Waals surface area contributed by atoms with Gasteiger partial charge in [-0.15, -0.1) is 0 Å². The second kappa shape index (κ2) is 8.68. The van der Waals surface area contributed by atoms with Crippen molar-refractivity contribution in [3.8, 4) is 0 Å². The van der Waals surface area contributed by atoms with E-state index in [1.807, 2.05) is 7.05 Å². The molecule has 4 nitrogen and oxygen atoms in total. The quantitative estimate of drug-likeness (QED) is 0.709. The number of anilines is 1. The maximum Gasteiger partial charge on any atom is 0.143 e. The van der Waals surface area contributed by atoms with E-state index in [1.165, 1.54) is 5.69 Å². The standard InChI is InChI=1S/C14H25IN4/c1-5-8-11-13(15)14(16-4)18-12(17-11)9-10-19(6-2)7-3/h5-10H2,1-4H3,(H,16,17,18). The molecule has 0 fully saturated rings. The highest BCUT2D eigenvalue weighted by atomic mass is 127. The molecule has 0 aromatic carbocycles. The molecule has 1 N–H and O–H groups in total. The lowest BCUT2D eigenvalue weighted by molar-refractivity contribution is 0.305. The molecule has 108 valence electrons. The van der Waals surface area contributed by atoms with Crippen LogP contribution < -0.4 is 5.32 Å². The first-order valence-corrected chi connectivity index (χ1v) is 8.19. The van der Waals surface area contributed by atoms with Gasteiger partial charge in [-0.25, -0.2) is 9.97 Å². The first-order chi connectivity index (χ1) is 9.15. The molecule has 0 saturated carbocycles. The predicted molar refractivity (Wildman–Crippen MR) is 89.8 cm³/mol. The Balaban J connectivity index is 2.85. The van der Waals surface area contributed by atoms with Gasteiger partial charge in [0.15, 0.2) is 0 Å². The molecule has 0 atom stereocenters. The van der Waals surface area contributed by atoms with Crippen LogP contribution in [0.2, 0.25) is 0 Å². The van der Waals surface area contributed by atoms with Crippen molar-refractivity contribution in [2.75, 3.05) is 32.0 Å². The first-order valence-electron chi connectivity index (χ1n) is 7.11. The maximum atomic E-state index is 4.73. The minimum Gasteiger partial charge on any atom is -0.372 e. The zero-order valence-electron chi connectivity index (χ0n) is 12.5. The minimum absolute atomic E-state index is 0.921. The Labute approximate surface area is 130 Å². The number of aryl methyl sites for hydroxylation is 1. The lowest BCUT2D eigenvalue weighted by atomic mass is 10.2. The van der Waals surface area contributed by atoms with Crippen molar-refractivity contribution in [3.05, 3.63) is 15.1 Å². The average molecular weight is 376 g/mol. The molecule has 0 aliphatic rings. The fourth-order valence-corrected chi connectivity index (χ4v) is 2.80. The van der Waals surface area contributed by atoms with E-state index >= 15 is 0 Å². The van der Waals surface area contributed by atoms with Crippen LogP contribution in [0, 0.1) is 3.57 Å². The fraction of sp³-hybridized carbons (Fsp3) is 0.714. The molecule has 19 heavy (non-hydrogen) atoms. The summed E-state index contributed by atoms with van der Waals surface area (Å²) in [7, 11) is 1.92. The average Bonchev–Trinajstić information content (AvgIpc) is 2.43. The van der Waals surface area contributed by atoms with E-state index in [9.17, 15) is 0 Å². The molecule has 0 aliphatic heterocycles. The topological polar surface area (TPSA) is 41.1 Å². The Morgan fingerprint density at radius 3 is 2.32 bits per heavy atom. The molecule has 1 rings (SSSR count). The maximum absolute atomic E-state index is 4.73. The van der Waals surface area contributed by atoms with Crippen LogP contribution in [0.15, 0.2) is 0 Å². The Hall–Kier alpha value is -0.430. The van der Waals surface area contributed by atoms with Crippen molar-refractivity contribution in [1.29, 1.82) is 0 Å². The number of nitrogens with one attached hydrogen (secondary N) is 1. The molecule has 1 aromatic rings. The SMILES string of the molecule is CCCc1nc(CCN(CC)CC)nc(NC)c1I. The molecule has 0 radical (unpaired) electrons. The van der Waals surface area contributed by atoms with Crippen molar-refractivity contribution < 1.29 is 0 Å². The normalized spacial score (nSPS) is 11.1. The van der Waals surface area contributed by atoms with Gasteiger partial charge in [-0.3, -0.25) is 0 Å². The Morgan fingerprint density at radius 1 is 1.11 bits per heavy atom. The van der Waals surface area contributed by atoms with Crippen molar-refractivity contribution in [1.82, 2.24) is 14.9 Å². The second-order valence-corrected chi connectivity index (χ2v) is 5.60. The number of rotatable bonds is 8. The number of aromatic nitrogens is 2. The molecule has 0 spiro atoms. The van der Waals surface area contributed by atoms with Crippen molar-refractivity contribution in [3.63, 3.8) is 0 Å². The van der Waals surface area contributed by atoms with Crippen molar-refractivity contribution in [2.45, 2.75) is 40.0 Å². The third-order valence-electron chi connectivity index (χ3n) is 3.24. The van der Waals surface area contributed by atoms with Crippen LogP contribution in [0.1, 0.15) is 38.7 Å². The zero-order chi connectivity index (χ0) is 14.3. The lowest BCUT2D eigenvalue weighted by Crippen LogP contribution is -2.26. The number of halogens is 1. The van der Waals surface area contributed by atoms with Gasteiger partial charge in [0.25, 0.3) is 0 Å². The summed E-state index contributed by atoms with van der Waals surface area (Å²) < 4.78 is 1.16. The summed E-state index contributed by atoms with van der Waals surface area (Å²) in [5.41, 5.74) is 1.18. The minimum atomic E-state index is 0.921. The van der Waals surface area contributed by atoms with Crippen LogP contribution in [0.5, 0.6) is 0 Å². The van der Waals surface area contributed by atoms with E-state index in [-0.39, 0.29) is 0 Å². The molecule has 0 amide bonds. The molecule has 0 saturated heterocycles. The Kier molecular flexibility index (Phi) is 7.60. The van der Waals surface area contributed by atoms with Gasteiger partial charge < -0.3 is 10.2 Å². The third-order valence-corrected chi connectivity index (χ3v) is 4.37. The summed E-state index contributed by atoms with van der Waals surface area (Å²) in [6.07, 6.45) is 3.06. The second-order valence-electron chi connectivity index (χ2n) is 4.53. The van der Waals surface area contributed by atoms with Crippen LogP contribution in [0.25, 0.3) is 0 Å². The molecule has 0 aliphatic carbocycles. The van der Waals surface area contributed by atoms with E-state index in [1.54, 1.807) is 0 Å². The summed E-state index contributed by atoms with van der Waals surface area (Å²) in [6, 6.07) is 0. The smallest absolute Gasteiger partial charge is 0.143 e. The summed E-state index contributed by atoms with van der Waals surface area (Å²) in [6.45, 7) is 9.78. The van der Waals surface area contributed by atoms with Gasteiger partial charge in [0, 0.05) is 20.0 Å². The van der Waals surface area contributed by atoms with E-state index in [4.69, 9.17) is 4.98 Å². The van der Waals surface area contributed by atoms with Crippen LogP contribution in [-0.2, 0) is 12.8 Å². The molecule has 0 unspecified atom stereocenters. The van der Waals surface area contributed by atoms with Crippen LogP contribution in [0.4, 0.5) is 5.82 Å². The lowest BCUT2D eigenvalue weighted by Gasteiger charge is -2.18. The van der Waals surface area contributed by atoms with Crippen LogP contribution >= 0.6 is 22.6 Å². The Bertz CT molecular complexity index is 391. The highest BCUT2D eigenvalue weighted by molar-refractivity contribution is 14.1. The molecule has 5 heteroatoms. The van der Waals surface area contributed by atoms with Crippen molar-refractivity contribution >= 4 is 28.4 Å². The highest BCUT2D eigenvalue weighted by Gasteiger charge is 2.11. The molecule has 1 aromatic heterocycles.